The molecule has 1 N–H and O–H groups in total. The number of aromatic amines is 1. The van der Waals surface area contributed by atoms with E-state index in [1.165, 1.54) is 18.3 Å². The molecular formula is C19H19NO4S. The molecule has 0 saturated heterocycles. The molecule has 2 aromatic carbocycles. The molecule has 0 aliphatic heterocycles. The highest BCUT2D eigenvalue weighted by molar-refractivity contribution is 7.87. The first kappa shape index (κ1) is 17.3. The van der Waals surface area contributed by atoms with Gasteiger partial charge in [0.1, 0.15) is 4.90 Å². The Morgan fingerprint density at radius 1 is 0.960 bits per heavy atom. The van der Waals surface area contributed by atoms with E-state index in [0.717, 1.165) is 16.8 Å². The molecule has 0 bridgehead atoms. The topological polar surface area (TPSA) is 68.4 Å². The van der Waals surface area contributed by atoms with Crippen LogP contribution in [0.15, 0.2) is 71.8 Å². The van der Waals surface area contributed by atoms with E-state index < -0.39 is 10.1 Å². The van der Waals surface area contributed by atoms with Gasteiger partial charge in [-0.25, -0.2) is 0 Å². The second kappa shape index (κ2) is 7.55. The average Bonchev–Trinajstić information content (AvgIpc) is 3.03. The van der Waals surface area contributed by atoms with E-state index in [1.54, 1.807) is 18.2 Å². The number of ether oxygens (including phenoxy) is 1. The normalized spacial score (nSPS) is 11.4. The van der Waals surface area contributed by atoms with Crippen molar-refractivity contribution in [2.24, 2.45) is 0 Å². The van der Waals surface area contributed by atoms with Crippen LogP contribution in [0.3, 0.4) is 0 Å². The molecule has 0 aliphatic rings. The van der Waals surface area contributed by atoms with Crippen molar-refractivity contribution >= 4 is 10.1 Å². The molecule has 3 rings (SSSR count). The third kappa shape index (κ3) is 4.71. The fourth-order valence-corrected chi connectivity index (χ4v) is 3.20. The molecular weight excluding hydrogens is 338 g/mol. The first-order chi connectivity index (χ1) is 12.0. The van der Waals surface area contributed by atoms with Crippen LogP contribution in [0.5, 0.6) is 5.75 Å². The molecule has 0 saturated carbocycles. The van der Waals surface area contributed by atoms with E-state index in [2.05, 4.69) is 4.98 Å². The highest BCUT2D eigenvalue weighted by Crippen LogP contribution is 2.20. The predicted molar refractivity (Wildman–Crippen MR) is 94.7 cm³/mol. The quantitative estimate of drug-likeness (QED) is 0.653. The van der Waals surface area contributed by atoms with Gasteiger partial charge in [0, 0.05) is 18.0 Å². The maximum absolute atomic E-state index is 12.3. The van der Waals surface area contributed by atoms with Crippen LogP contribution in [-0.4, -0.2) is 13.4 Å². The molecule has 1 heterocycles. The third-order valence-corrected chi connectivity index (χ3v) is 4.86. The van der Waals surface area contributed by atoms with E-state index >= 15 is 0 Å². The minimum absolute atomic E-state index is 0.126. The lowest BCUT2D eigenvalue weighted by Gasteiger charge is -2.05. The Kier molecular flexibility index (Phi) is 5.21. The van der Waals surface area contributed by atoms with E-state index in [1.807, 2.05) is 37.3 Å². The van der Waals surface area contributed by atoms with Gasteiger partial charge in [-0.05, 0) is 24.6 Å². The van der Waals surface area contributed by atoms with Crippen molar-refractivity contribution in [3.8, 4) is 5.75 Å². The molecule has 1 aromatic heterocycles. The van der Waals surface area contributed by atoms with Crippen LogP contribution >= 0.6 is 0 Å². The minimum Gasteiger partial charge on any atom is -0.377 e. The summed E-state index contributed by atoms with van der Waals surface area (Å²) in [7, 11) is -3.84. The second-order valence-electron chi connectivity index (χ2n) is 5.69. The van der Waals surface area contributed by atoms with Crippen molar-refractivity contribution in [1.29, 1.82) is 0 Å². The van der Waals surface area contributed by atoms with Crippen LogP contribution in [0.4, 0.5) is 0 Å². The molecule has 0 unspecified atom stereocenters. The van der Waals surface area contributed by atoms with Crippen LogP contribution in [-0.2, 0) is 28.1 Å². The monoisotopic (exact) mass is 357 g/mol. The zero-order chi connectivity index (χ0) is 17.7. The van der Waals surface area contributed by atoms with E-state index in [4.69, 9.17) is 8.92 Å². The summed E-state index contributed by atoms with van der Waals surface area (Å²) < 4.78 is 35.3. The Bertz CT molecular complexity index is 916. The number of nitrogens with one attached hydrogen (secondary N) is 1. The maximum Gasteiger partial charge on any atom is 0.339 e. The highest BCUT2D eigenvalue weighted by Gasteiger charge is 2.17. The molecule has 3 aromatic rings. The van der Waals surface area contributed by atoms with Crippen LogP contribution in [0.1, 0.15) is 16.8 Å². The predicted octanol–water partition coefficient (Wildman–Crippen LogP) is 3.81. The lowest BCUT2D eigenvalue weighted by Crippen LogP contribution is -2.09. The van der Waals surface area contributed by atoms with Gasteiger partial charge in [0.2, 0.25) is 0 Å². The van der Waals surface area contributed by atoms with E-state index in [-0.39, 0.29) is 10.6 Å². The van der Waals surface area contributed by atoms with Crippen LogP contribution in [0, 0.1) is 6.92 Å². The molecule has 130 valence electrons. The van der Waals surface area contributed by atoms with Crippen molar-refractivity contribution < 1.29 is 17.3 Å². The summed E-state index contributed by atoms with van der Waals surface area (Å²) in [4.78, 5) is 3.09. The maximum atomic E-state index is 12.3. The molecule has 6 heteroatoms. The van der Waals surface area contributed by atoms with Crippen molar-refractivity contribution in [1.82, 2.24) is 4.98 Å². The Hall–Kier alpha value is -2.57. The van der Waals surface area contributed by atoms with Crippen LogP contribution in [0.25, 0.3) is 0 Å². The summed E-state index contributed by atoms with van der Waals surface area (Å²) in [5, 5.41) is 0. The Morgan fingerprint density at radius 2 is 1.68 bits per heavy atom. The number of aromatic nitrogens is 1. The second-order valence-corrected chi connectivity index (χ2v) is 7.24. The summed E-state index contributed by atoms with van der Waals surface area (Å²) in [6, 6.07) is 18.0. The summed E-state index contributed by atoms with van der Waals surface area (Å²) in [6.07, 6.45) is 1.51. The number of hydrogen-bond donors (Lipinski definition) is 1. The molecule has 0 atom stereocenters. The van der Waals surface area contributed by atoms with Gasteiger partial charge in [0.05, 0.1) is 13.2 Å². The first-order valence-corrected chi connectivity index (χ1v) is 9.24. The van der Waals surface area contributed by atoms with Crippen molar-refractivity contribution in [2.45, 2.75) is 25.0 Å². The van der Waals surface area contributed by atoms with Gasteiger partial charge in [0.15, 0.2) is 5.75 Å². The standard InChI is InChI=1S/C19H19NO4S/c1-15-7-9-19(10-8-15)25(21,22)24-18-11-17(20-12-18)14-23-13-16-5-3-2-4-6-16/h2-12,20H,13-14H2,1H3. The number of aryl methyl sites for hydroxylation is 1. The van der Waals surface area contributed by atoms with E-state index in [9.17, 15) is 8.42 Å². The number of H-pyrrole nitrogens is 1. The highest BCUT2D eigenvalue weighted by atomic mass is 32.2. The molecule has 0 amide bonds. The SMILES string of the molecule is Cc1ccc(S(=O)(=O)Oc2c[nH]c(COCc3ccccc3)c2)cc1. The number of rotatable bonds is 7. The Labute approximate surface area is 147 Å². The number of benzene rings is 2. The van der Waals surface area contributed by atoms with Crippen LogP contribution in [0.2, 0.25) is 0 Å². The van der Waals surface area contributed by atoms with E-state index in [0.29, 0.717) is 13.2 Å². The summed E-state index contributed by atoms with van der Waals surface area (Å²) in [5.41, 5.74) is 2.80. The molecule has 0 radical (unpaired) electrons. The zero-order valence-corrected chi connectivity index (χ0v) is 14.6. The summed E-state index contributed by atoms with van der Waals surface area (Å²) in [6.45, 7) is 2.71. The van der Waals surface area contributed by atoms with Gasteiger partial charge < -0.3 is 13.9 Å². The first-order valence-electron chi connectivity index (χ1n) is 7.83. The Balaban J connectivity index is 1.58. The van der Waals surface area contributed by atoms with Gasteiger partial charge >= 0.3 is 10.1 Å². The van der Waals surface area contributed by atoms with Gasteiger partial charge in [0.25, 0.3) is 0 Å². The fourth-order valence-electron chi connectivity index (χ4n) is 2.28. The Morgan fingerprint density at radius 3 is 2.40 bits per heavy atom. The lowest BCUT2D eigenvalue weighted by molar-refractivity contribution is 0.105. The summed E-state index contributed by atoms with van der Waals surface area (Å²) in [5.74, 6) is 0.235. The molecule has 5 nitrogen and oxygen atoms in total. The molecule has 0 aliphatic carbocycles. The zero-order valence-electron chi connectivity index (χ0n) is 13.8. The minimum atomic E-state index is -3.84. The molecule has 25 heavy (non-hydrogen) atoms. The van der Waals surface area contributed by atoms with Crippen molar-refractivity contribution in [2.75, 3.05) is 0 Å². The largest absolute Gasteiger partial charge is 0.377 e. The van der Waals surface area contributed by atoms with Gasteiger partial charge in [-0.15, -0.1) is 0 Å². The smallest absolute Gasteiger partial charge is 0.339 e. The number of hydrogen-bond acceptors (Lipinski definition) is 4. The third-order valence-electron chi connectivity index (χ3n) is 3.60. The average molecular weight is 357 g/mol. The van der Waals surface area contributed by atoms with Gasteiger partial charge in [-0.3, -0.25) is 0 Å². The lowest BCUT2D eigenvalue weighted by atomic mass is 10.2. The summed E-state index contributed by atoms with van der Waals surface area (Å²) >= 11 is 0. The molecule has 0 fully saturated rings. The van der Waals surface area contributed by atoms with Crippen LogP contribution < -0.4 is 4.18 Å². The van der Waals surface area contributed by atoms with Crippen molar-refractivity contribution in [3.05, 3.63) is 83.7 Å². The fraction of sp³-hybridized carbons (Fsp3) is 0.158. The van der Waals surface area contributed by atoms with Gasteiger partial charge in [-0.1, -0.05) is 48.0 Å². The van der Waals surface area contributed by atoms with Gasteiger partial charge in [-0.2, -0.15) is 8.42 Å². The molecule has 0 spiro atoms. The van der Waals surface area contributed by atoms with Crippen molar-refractivity contribution in [3.63, 3.8) is 0 Å².